The van der Waals surface area contributed by atoms with Crippen molar-refractivity contribution in [3.8, 4) is 22.9 Å². The highest BCUT2D eigenvalue weighted by atomic mass is 35.5. The van der Waals surface area contributed by atoms with Crippen LogP contribution in [0.15, 0.2) is 82.7 Å². The molecule has 0 fully saturated rings. The van der Waals surface area contributed by atoms with E-state index in [1.807, 2.05) is 25.1 Å². The number of carbonyl (C=O) groups is 1. The third-order valence-corrected chi connectivity index (χ3v) is 5.88. The monoisotopic (exact) mass is 499 g/mol. The summed E-state index contributed by atoms with van der Waals surface area (Å²) in [5.41, 5.74) is 11.2. The van der Waals surface area contributed by atoms with Crippen molar-refractivity contribution >= 4 is 28.5 Å². The number of rotatable bonds is 4. The number of aryl methyl sites for hydroxylation is 1. The van der Waals surface area contributed by atoms with E-state index in [1.54, 1.807) is 16.7 Å². The van der Waals surface area contributed by atoms with E-state index in [1.165, 1.54) is 47.1 Å². The Balaban J connectivity index is 1.81. The SMILES string of the molecule is Cc1ccccc1-n1nc(-n2c(-c3ccc(F)cc3Cl)nc3cc(C(=O)N=[N+]=[N-])ccc32)ccc1=O. The molecule has 0 saturated heterocycles. The van der Waals surface area contributed by atoms with Crippen LogP contribution in [-0.4, -0.2) is 25.2 Å². The Morgan fingerprint density at radius 2 is 1.89 bits per heavy atom. The Labute approximate surface area is 207 Å². The second-order valence-corrected chi connectivity index (χ2v) is 8.23. The van der Waals surface area contributed by atoms with Crippen LogP contribution in [0.25, 0.3) is 44.4 Å². The molecule has 2 aromatic heterocycles. The van der Waals surface area contributed by atoms with Crippen LogP contribution < -0.4 is 5.56 Å². The standard InChI is InChI=1S/C25H15ClFN7O2/c1-14-4-2-3-5-20(14)34-23(35)11-10-22(31-34)33-21-9-6-15(25(36)30-32-28)12-19(21)29-24(33)17-8-7-16(27)13-18(17)26/h2-13H,1H3. The molecule has 0 aliphatic heterocycles. The smallest absolute Gasteiger partial charge is 0.271 e. The van der Waals surface area contributed by atoms with Crippen molar-refractivity contribution < 1.29 is 9.18 Å². The zero-order chi connectivity index (χ0) is 25.4. The summed E-state index contributed by atoms with van der Waals surface area (Å²) < 4.78 is 16.7. The molecule has 11 heteroatoms. The molecule has 9 nitrogen and oxygen atoms in total. The third kappa shape index (κ3) is 4.00. The predicted molar refractivity (Wildman–Crippen MR) is 133 cm³/mol. The Bertz CT molecular complexity index is 1790. The minimum absolute atomic E-state index is 0.115. The molecular formula is C25H15ClFN7O2. The van der Waals surface area contributed by atoms with Gasteiger partial charge >= 0.3 is 0 Å². The predicted octanol–water partition coefficient (Wildman–Crippen LogP) is 5.79. The highest BCUT2D eigenvalue weighted by Crippen LogP contribution is 2.33. The number of hydrogen-bond acceptors (Lipinski definition) is 4. The second-order valence-electron chi connectivity index (χ2n) is 7.82. The van der Waals surface area contributed by atoms with Gasteiger partial charge < -0.3 is 0 Å². The molecule has 0 unspecified atom stereocenters. The molecule has 0 saturated carbocycles. The molecule has 0 aliphatic rings. The Morgan fingerprint density at radius 3 is 2.64 bits per heavy atom. The largest absolute Gasteiger partial charge is 0.287 e. The normalized spacial score (nSPS) is 10.9. The van der Waals surface area contributed by atoms with Gasteiger partial charge in [0.2, 0.25) is 5.91 Å². The fourth-order valence-electron chi connectivity index (χ4n) is 3.89. The number of aromatic nitrogens is 4. The fraction of sp³-hybridized carbons (Fsp3) is 0.0400. The number of imidazole rings is 1. The number of halogens is 2. The average molecular weight is 500 g/mol. The van der Waals surface area contributed by atoms with Crippen LogP contribution in [0.2, 0.25) is 5.02 Å². The minimum atomic E-state index is -0.762. The molecule has 0 radical (unpaired) electrons. The lowest BCUT2D eigenvalue weighted by atomic mass is 10.2. The molecule has 3 aromatic carbocycles. The van der Waals surface area contributed by atoms with Crippen LogP contribution in [0, 0.1) is 12.7 Å². The molecule has 0 bridgehead atoms. The number of benzene rings is 3. The van der Waals surface area contributed by atoms with Crippen molar-refractivity contribution in [2.45, 2.75) is 6.92 Å². The second kappa shape index (κ2) is 9.10. The quantitative estimate of drug-likeness (QED) is 0.176. The Morgan fingerprint density at radius 1 is 1.08 bits per heavy atom. The summed E-state index contributed by atoms with van der Waals surface area (Å²) in [5, 5.41) is 7.84. The molecule has 0 spiro atoms. The van der Waals surface area contributed by atoms with E-state index in [0.29, 0.717) is 33.9 Å². The van der Waals surface area contributed by atoms with E-state index in [9.17, 15) is 14.0 Å². The number of carbonyl (C=O) groups excluding carboxylic acids is 1. The average Bonchev–Trinajstić information content (AvgIpc) is 3.23. The van der Waals surface area contributed by atoms with E-state index >= 15 is 0 Å². The molecule has 0 atom stereocenters. The number of azide groups is 1. The van der Waals surface area contributed by atoms with Gasteiger partial charge in [-0.3, -0.25) is 14.2 Å². The topological polar surface area (TPSA) is 119 Å². The van der Waals surface area contributed by atoms with Gasteiger partial charge in [-0.2, -0.15) is 4.68 Å². The first-order chi connectivity index (χ1) is 17.4. The summed E-state index contributed by atoms with van der Waals surface area (Å²) in [6.45, 7) is 1.87. The summed E-state index contributed by atoms with van der Waals surface area (Å²) in [7, 11) is 0. The third-order valence-electron chi connectivity index (χ3n) is 5.57. The van der Waals surface area contributed by atoms with Gasteiger partial charge in [-0.25, -0.2) is 9.37 Å². The van der Waals surface area contributed by atoms with Crippen LogP contribution in [0.1, 0.15) is 15.9 Å². The van der Waals surface area contributed by atoms with E-state index in [-0.39, 0.29) is 16.1 Å². The highest BCUT2D eigenvalue weighted by molar-refractivity contribution is 6.33. The van der Waals surface area contributed by atoms with E-state index < -0.39 is 11.7 Å². The number of amides is 1. The summed E-state index contributed by atoms with van der Waals surface area (Å²) >= 11 is 6.37. The molecule has 2 heterocycles. The molecule has 5 aromatic rings. The zero-order valence-electron chi connectivity index (χ0n) is 18.6. The number of fused-ring (bicyclic) bond motifs is 1. The number of hydrogen-bond donors (Lipinski definition) is 0. The van der Waals surface area contributed by atoms with E-state index in [4.69, 9.17) is 17.1 Å². The van der Waals surface area contributed by atoms with Crippen LogP contribution in [0.5, 0.6) is 0 Å². The van der Waals surface area contributed by atoms with E-state index in [2.05, 4.69) is 20.1 Å². The first kappa shape index (κ1) is 23.0. The lowest BCUT2D eigenvalue weighted by Gasteiger charge is -2.13. The fourth-order valence-corrected chi connectivity index (χ4v) is 4.14. The Hall–Kier alpha value is -4.79. The summed E-state index contributed by atoms with van der Waals surface area (Å²) in [6.07, 6.45) is 0. The first-order valence-electron chi connectivity index (χ1n) is 10.6. The van der Waals surface area contributed by atoms with Crippen LogP contribution >= 0.6 is 11.6 Å². The van der Waals surface area contributed by atoms with E-state index in [0.717, 1.165) is 5.56 Å². The van der Waals surface area contributed by atoms with Gasteiger partial charge in [0.05, 0.1) is 21.7 Å². The molecule has 36 heavy (non-hydrogen) atoms. The first-order valence-corrected chi connectivity index (χ1v) is 11.0. The maximum atomic E-state index is 13.8. The molecule has 176 valence electrons. The van der Waals surface area contributed by atoms with Gasteiger partial charge in [-0.1, -0.05) is 29.8 Å². The van der Waals surface area contributed by atoms with Crippen LogP contribution in [0.3, 0.4) is 0 Å². The maximum absolute atomic E-state index is 13.8. The Kier molecular flexibility index (Phi) is 5.81. The molecule has 0 N–H and O–H groups in total. The lowest BCUT2D eigenvalue weighted by Crippen LogP contribution is -2.22. The summed E-state index contributed by atoms with van der Waals surface area (Å²) in [4.78, 5) is 32.0. The number of para-hydroxylation sites is 1. The van der Waals surface area contributed by atoms with Crippen molar-refractivity contribution in [2.75, 3.05) is 0 Å². The highest BCUT2D eigenvalue weighted by Gasteiger charge is 2.20. The minimum Gasteiger partial charge on any atom is -0.287 e. The maximum Gasteiger partial charge on any atom is 0.271 e. The molecule has 1 amide bonds. The van der Waals surface area contributed by atoms with Gasteiger partial charge in [0, 0.05) is 22.1 Å². The number of nitrogens with zero attached hydrogens (tertiary/aromatic N) is 7. The summed E-state index contributed by atoms with van der Waals surface area (Å²) in [6, 6.07) is 18.7. The van der Waals surface area contributed by atoms with Crippen LogP contribution in [-0.2, 0) is 0 Å². The summed E-state index contributed by atoms with van der Waals surface area (Å²) in [5.74, 6) is -0.628. The van der Waals surface area contributed by atoms with Gasteiger partial charge in [0.1, 0.15) is 11.6 Å². The van der Waals surface area contributed by atoms with Crippen molar-refractivity contribution in [1.82, 2.24) is 19.3 Å². The van der Waals surface area contributed by atoms with Crippen molar-refractivity contribution in [1.29, 1.82) is 0 Å². The molecule has 0 aliphatic carbocycles. The van der Waals surface area contributed by atoms with Crippen molar-refractivity contribution in [2.24, 2.45) is 5.11 Å². The van der Waals surface area contributed by atoms with Crippen molar-refractivity contribution in [3.63, 3.8) is 0 Å². The van der Waals surface area contributed by atoms with Gasteiger partial charge in [-0.15, -0.1) is 5.10 Å². The van der Waals surface area contributed by atoms with Crippen molar-refractivity contribution in [3.05, 3.63) is 116 Å². The zero-order valence-corrected chi connectivity index (χ0v) is 19.4. The van der Waals surface area contributed by atoms with Gasteiger partial charge in [-0.05, 0) is 71.7 Å². The van der Waals surface area contributed by atoms with Crippen LogP contribution in [0.4, 0.5) is 4.39 Å². The van der Waals surface area contributed by atoms with Gasteiger partial charge in [0.15, 0.2) is 5.82 Å². The molecular weight excluding hydrogens is 485 g/mol. The van der Waals surface area contributed by atoms with Gasteiger partial charge in [0.25, 0.3) is 5.56 Å². The molecule has 5 rings (SSSR count). The lowest BCUT2D eigenvalue weighted by molar-refractivity contribution is 0.100.